The van der Waals surface area contributed by atoms with Crippen LogP contribution in [0, 0.1) is 5.82 Å². The lowest BCUT2D eigenvalue weighted by molar-refractivity contribution is 0.598. The van der Waals surface area contributed by atoms with Gasteiger partial charge in [-0.2, -0.15) is 0 Å². The third-order valence-corrected chi connectivity index (χ3v) is 4.35. The van der Waals surface area contributed by atoms with Gasteiger partial charge in [0, 0.05) is 15.8 Å². The third kappa shape index (κ3) is 3.85. The van der Waals surface area contributed by atoms with Crippen molar-refractivity contribution in [3.63, 3.8) is 0 Å². The van der Waals surface area contributed by atoms with E-state index in [0.717, 1.165) is 6.07 Å². The topological polar surface area (TPSA) is 98.2 Å². The molecule has 2 rings (SSSR count). The van der Waals surface area contributed by atoms with Gasteiger partial charge in [-0.15, -0.1) is 0 Å². The van der Waals surface area contributed by atoms with E-state index in [1.807, 2.05) is 0 Å². The number of hydrogen-bond acceptors (Lipinski definition) is 4. The lowest BCUT2D eigenvalue weighted by Crippen LogP contribution is -2.12. The lowest BCUT2D eigenvalue weighted by Gasteiger charge is -2.12. The molecular weight excluding hydrogens is 385 g/mol. The number of anilines is 3. The molecule has 0 saturated heterocycles. The first kappa shape index (κ1) is 16.0. The van der Waals surface area contributed by atoms with Crippen LogP contribution in [0.15, 0.2) is 39.7 Å². The number of nitrogens with one attached hydrogen (secondary N) is 1. The Kier molecular flexibility index (Phi) is 4.43. The second-order valence-electron chi connectivity index (χ2n) is 4.21. The van der Waals surface area contributed by atoms with Crippen LogP contribution in [-0.4, -0.2) is 8.42 Å². The molecule has 0 aliphatic rings. The average Bonchev–Trinajstić information content (AvgIpc) is 2.32. The first-order valence-electron chi connectivity index (χ1n) is 5.52. The zero-order valence-electron chi connectivity index (χ0n) is 10.4. The molecule has 0 aliphatic carbocycles. The third-order valence-electron chi connectivity index (χ3n) is 2.53. The molecule has 0 atom stereocenters. The van der Waals surface area contributed by atoms with Crippen LogP contribution in [-0.2, 0) is 10.0 Å². The average molecular weight is 395 g/mol. The van der Waals surface area contributed by atoms with Crippen molar-refractivity contribution in [1.82, 2.24) is 0 Å². The van der Waals surface area contributed by atoms with E-state index in [2.05, 4.69) is 21.2 Å². The normalized spacial score (nSPS) is 11.4. The van der Waals surface area contributed by atoms with Crippen LogP contribution in [0.1, 0.15) is 0 Å². The molecule has 0 unspecified atom stereocenters. The summed E-state index contributed by atoms with van der Waals surface area (Å²) in [6, 6.07) is 6.39. The minimum absolute atomic E-state index is 0.126. The molecular formula is C12H10BrClFN3O2S. The number of primary sulfonamides is 1. The zero-order valence-corrected chi connectivity index (χ0v) is 13.6. The molecule has 9 heteroatoms. The molecule has 0 spiro atoms. The van der Waals surface area contributed by atoms with Crippen LogP contribution in [0.2, 0.25) is 5.02 Å². The molecule has 5 N–H and O–H groups in total. The summed E-state index contributed by atoms with van der Waals surface area (Å²) in [6.07, 6.45) is 0. The predicted octanol–water partition coefficient (Wildman–Crippen LogP) is 3.21. The second kappa shape index (κ2) is 5.80. The van der Waals surface area contributed by atoms with Crippen LogP contribution in [0.5, 0.6) is 0 Å². The highest BCUT2D eigenvalue weighted by molar-refractivity contribution is 9.10. The quantitative estimate of drug-likeness (QED) is 0.696. The lowest BCUT2D eigenvalue weighted by atomic mass is 10.2. The number of nitrogen functional groups attached to an aromatic ring is 1. The Balaban J connectivity index is 2.48. The Labute approximate surface area is 134 Å². The smallest absolute Gasteiger partial charge is 0.238 e. The van der Waals surface area contributed by atoms with Gasteiger partial charge in [0.25, 0.3) is 0 Å². The molecule has 2 aromatic rings. The molecule has 0 radical (unpaired) electrons. The van der Waals surface area contributed by atoms with Crippen molar-refractivity contribution < 1.29 is 12.8 Å². The van der Waals surface area contributed by atoms with Crippen molar-refractivity contribution in [1.29, 1.82) is 0 Å². The summed E-state index contributed by atoms with van der Waals surface area (Å²) in [5.41, 5.74) is 6.59. The van der Waals surface area contributed by atoms with E-state index < -0.39 is 15.8 Å². The Morgan fingerprint density at radius 1 is 1.19 bits per heavy atom. The van der Waals surface area contributed by atoms with E-state index in [1.54, 1.807) is 0 Å². The van der Waals surface area contributed by atoms with Gasteiger partial charge in [0.2, 0.25) is 10.0 Å². The fourth-order valence-corrected chi connectivity index (χ4v) is 3.15. The van der Waals surface area contributed by atoms with Crippen molar-refractivity contribution in [2.75, 3.05) is 11.1 Å². The number of rotatable bonds is 3. The minimum atomic E-state index is -3.89. The van der Waals surface area contributed by atoms with E-state index in [0.29, 0.717) is 15.8 Å². The standard InChI is InChI=1S/C12H10BrClFN3O2S/c13-10-1-6(15)2-11(14)12(10)18-8-3-7(16)4-9(5-8)21(17,19)20/h1-5,18H,16H2,(H2,17,19,20). The van der Waals surface area contributed by atoms with Crippen LogP contribution in [0.25, 0.3) is 0 Å². The monoisotopic (exact) mass is 393 g/mol. The summed E-state index contributed by atoms with van der Waals surface area (Å²) in [5, 5.41) is 8.07. The summed E-state index contributed by atoms with van der Waals surface area (Å²) in [6.45, 7) is 0. The summed E-state index contributed by atoms with van der Waals surface area (Å²) >= 11 is 9.12. The fraction of sp³-hybridized carbons (Fsp3) is 0. The maximum atomic E-state index is 13.2. The van der Waals surface area contributed by atoms with E-state index >= 15 is 0 Å². The molecule has 0 amide bonds. The maximum Gasteiger partial charge on any atom is 0.238 e. The number of benzene rings is 2. The van der Waals surface area contributed by atoms with E-state index in [1.165, 1.54) is 24.3 Å². The van der Waals surface area contributed by atoms with E-state index in [9.17, 15) is 12.8 Å². The highest BCUT2D eigenvalue weighted by Gasteiger charge is 2.13. The number of halogens is 3. The van der Waals surface area contributed by atoms with Crippen molar-refractivity contribution in [2.24, 2.45) is 5.14 Å². The molecule has 112 valence electrons. The molecule has 0 fully saturated rings. The Morgan fingerprint density at radius 3 is 2.43 bits per heavy atom. The predicted molar refractivity (Wildman–Crippen MR) is 84.6 cm³/mol. The molecule has 0 saturated carbocycles. The molecule has 0 heterocycles. The number of sulfonamides is 1. The highest BCUT2D eigenvalue weighted by Crippen LogP contribution is 2.35. The molecule has 5 nitrogen and oxygen atoms in total. The van der Waals surface area contributed by atoms with Gasteiger partial charge in [-0.25, -0.2) is 17.9 Å². The summed E-state index contributed by atoms with van der Waals surface area (Å²) < 4.78 is 36.3. The first-order chi connectivity index (χ1) is 9.66. The Bertz CT molecular complexity index is 791. The van der Waals surface area contributed by atoms with Gasteiger partial charge in [0.15, 0.2) is 0 Å². The second-order valence-corrected chi connectivity index (χ2v) is 7.03. The minimum Gasteiger partial charge on any atom is -0.399 e. The summed E-state index contributed by atoms with van der Waals surface area (Å²) in [4.78, 5) is -0.139. The zero-order chi connectivity index (χ0) is 15.8. The van der Waals surface area contributed by atoms with Crippen molar-refractivity contribution in [3.8, 4) is 0 Å². The SMILES string of the molecule is Nc1cc(Nc2c(Cl)cc(F)cc2Br)cc(S(N)(=O)=O)c1. The van der Waals surface area contributed by atoms with Crippen LogP contribution in [0.3, 0.4) is 0 Å². The highest BCUT2D eigenvalue weighted by atomic mass is 79.9. The largest absolute Gasteiger partial charge is 0.399 e. The van der Waals surface area contributed by atoms with Crippen molar-refractivity contribution in [2.45, 2.75) is 4.90 Å². The number of hydrogen-bond donors (Lipinski definition) is 3. The molecule has 0 aliphatic heterocycles. The summed E-state index contributed by atoms with van der Waals surface area (Å²) in [7, 11) is -3.89. The number of nitrogens with two attached hydrogens (primary N) is 2. The molecule has 0 aromatic heterocycles. The van der Waals surface area contributed by atoms with Gasteiger partial charge in [0.05, 0.1) is 15.6 Å². The van der Waals surface area contributed by atoms with E-state index in [-0.39, 0.29) is 15.6 Å². The first-order valence-corrected chi connectivity index (χ1v) is 8.23. The Morgan fingerprint density at radius 2 is 1.86 bits per heavy atom. The van der Waals surface area contributed by atoms with Crippen LogP contribution >= 0.6 is 27.5 Å². The summed E-state index contributed by atoms with van der Waals surface area (Å²) in [5.74, 6) is -0.504. The van der Waals surface area contributed by atoms with E-state index in [4.69, 9.17) is 22.5 Å². The van der Waals surface area contributed by atoms with Crippen LogP contribution in [0.4, 0.5) is 21.5 Å². The van der Waals surface area contributed by atoms with Crippen LogP contribution < -0.4 is 16.2 Å². The molecule has 21 heavy (non-hydrogen) atoms. The van der Waals surface area contributed by atoms with Crippen molar-refractivity contribution in [3.05, 3.63) is 45.6 Å². The molecule has 0 bridgehead atoms. The van der Waals surface area contributed by atoms with Gasteiger partial charge in [-0.05, 0) is 46.3 Å². The van der Waals surface area contributed by atoms with Gasteiger partial charge >= 0.3 is 0 Å². The Hall–Kier alpha value is -1.35. The molecule has 2 aromatic carbocycles. The maximum absolute atomic E-state index is 13.2. The van der Waals surface area contributed by atoms with Crippen molar-refractivity contribution >= 4 is 54.6 Å². The van der Waals surface area contributed by atoms with Gasteiger partial charge < -0.3 is 11.1 Å². The van der Waals surface area contributed by atoms with Gasteiger partial charge in [0.1, 0.15) is 5.82 Å². The van der Waals surface area contributed by atoms with Gasteiger partial charge in [-0.1, -0.05) is 11.6 Å². The van der Waals surface area contributed by atoms with Gasteiger partial charge in [-0.3, -0.25) is 0 Å². The fourth-order valence-electron chi connectivity index (χ4n) is 1.66.